The predicted molar refractivity (Wildman–Crippen MR) is 125 cm³/mol. The van der Waals surface area contributed by atoms with E-state index in [1.54, 1.807) is 31.2 Å². The Morgan fingerprint density at radius 1 is 1.38 bits per heavy atom. The smallest absolute Gasteiger partial charge is 0.296 e. The number of aromatic nitrogens is 2. The third kappa shape index (κ3) is 5.27. The Bertz CT molecular complexity index is 1260. The fourth-order valence-electron chi connectivity index (χ4n) is 2.92. The second-order valence-corrected chi connectivity index (χ2v) is 7.85. The number of anilines is 1. The molecule has 0 fully saturated rings. The van der Waals surface area contributed by atoms with Gasteiger partial charge in [0.05, 0.1) is 34.3 Å². The number of nitro groups is 1. The van der Waals surface area contributed by atoms with Gasteiger partial charge < -0.3 is 10.1 Å². The van der Waals surface area contributed by atoms with E-state index in [0.29, 0.717) is 33.4 Å². The third-order valence-corrected chi connectivity index (χ3v) is 5.49. The van der Waals surface area contributed by atoms with Crippen molar-refractivity contribution in [3.63, 3.8) is 0 Å². The molecule has 1 aromatic heterocycles. The number of ether oxygens (including phenoxy) is 1. The number of benzene rings is 2. The molecule has 0 saturated carbocycles. The molecule has 11 heteroatoms. The van der Waals surface area contributed by atoms with Crippen LogP contribution in [0.1, 0.15) is 6.92 Å². The monoisotopic (exact) mass is 474 g/mol. The normalized spacial score (nSPS) is 10.7. The SMILES string of the molecule is C=CCn1c(SCC(=O)Nc2ccc(OCC)cc2[N+](=O)[O-])nc2cc(Cl)ccc2c1=O. The number of allylic oxidation sites excluding steroid dienone is 1. The van der Waals surface area contributed by atoms with Crippen LogP contribution in [0, 0.1) is 10.1 Å². The highest BCUT2D eigenvalue weighted by molar-refractivity contribution is 7.99. The molecule has 1 amide bonds. The molecule has 0 saturated heterocycles. The molecule has 0 atom stereocenters. The van der Waals surface area contributed by atoms with E-state index in [1.807, 2.05) is 0 Å². The molecule has 1 N–H and O–H groups in total. The molecule has 1 heterocycles. The van der Waals surface area contributed by atoms with Crippen LogP contribution >= 0.6 is 23.4 Å². The molecule has 32 heavy (non-hydrogen) atoms. The number of nitrogens with one attached hydrogen (secondary N) is 1. The van der Waals surface area contributed by atoms with Gasteiger partial charge in [0.1, 0.15) is 11.4 Å². The van der Waals surface area contributed by atoms with Gasteiger partial charge in [-0.25, -0.2) is 4.98 Å². The van der Waals surface area contributed by atoms with Crippen LogP contribution in [0.5, 0.6) is 5.75 Å². The number of carbonyl (C=O) groups excluding carboxylic acids is 1. The number of amides is 1. The van der Waals surface area contributed by atoms with E-state index < -0.39 is 10.8 Å². The molecule has 0 aliphatic rings. The molecule has 2 aromatic carbocycles. The minimum atomic E-state index is -0.596. The molecule has 0 aliphatic heterocycles. The van der Waals surface area contributed by atoms with E-state index in [-0.39, 0.29) is 29.2 Å². The zero-order valence-electron chi connectivity index (χ0n) is 17.0. The lowest BCUT2D eigenvalue weighted by atomic mass is 10.2. The van der Waals surface area contributed by atoms with Gasteiger partial charge >= 0.3 is 0 Å². The van der Waals surface area contributed by atoms with Crippen molar-refractivity contribution in [2.75, 3.05) is 17.7 Å². The van der Waals surface area contributed by atoms with Crippen LogP contribution in [0.4, 0.5) is 11.4 Å². The van der Waals surface area contributed by atoms with Gasteiger partial charge in [-0.3, -0.25) is 24.3 Å². The zero-order chi connectivity index (χ0) is 23.3. The Labute approximate surface area is 192 Å². The highest BCUT2D eigenvalue weighted by atomic mass is 35.5. The standard InChI is InChI=1S/C21H19ClN4O5S/c1-3-9-25-20(28)15-7-5-13(22)10-17(15)24-21(25)32-12-19(27)23-16-8-6-14(31-4-2)11-18(16)26(29)30/h3,5-8,10-11H,1,4,9,12H2,2H3,(H,23,27). The summed E-state index contributed by atoms with van der Waals surface area (Å²) in [4.78, 5) is 40.6. The molecule has 3 aromatic rings. The fourth-order valence-corrected chi connectivity index (χ4v) is 3.89. The maximum atomic E-state index is 12.8. The summed E-state index contributed by atoms with van der Waals surface area (Å²) in [6.07, 6.45) is 1.55. The van der Waals surface area contributed by atoms with E-state index in [9.17, 15) is 19.7 Å². The molecule has 9 nitrogen and oxygen atoms in total. The van der Waals surface area contributed by atoms with E-state index in [4.69, 9.17) is 16.3 Å². The number of hydrogen-bond donors (Lipinski definition) is 1. The molecule has 0 bridgehead atoms. The van der Waals surface area contributed by atoms with Gasteiger partial charge in [-0.05, 0) is 37.3 Å². The Kier molecular flexibility index (Phi) is 7.49. The minimum absolute atomic E-state index is 0.0470. The van der Waals surface area contributed by atoms with Crippen LogP contribution in [0.15, 0.2) is 59.0 Å². The fraction of sp³-hybridized carbons (Fsp3) is 0.190. The number of nitro benzene ring substituents is 1. The number of carbonyl (C=O) groups is 1. The van der Waals surface area contributed by atoms with E-state index in [1.165, 1.54) is 22.8 Å². The van der Waals surface area contributed by atoms with Crippen molar-refractivity contribution in [1.82, 2.24) is 9.55 Å². The van der Waals surface area contributed by atoms with Crippen molar-refractivity contribution < 1.29 is 14.5 Å². The van der Waals surface area contributed by atoms with Crippen LogP contribution in [-0.4, -0.2) is 32.7 Å². The van der Waals surface area contributed by atoms with Crippen molar-refractivity contribution in [3.05, 3.63) is 74.5 Å². The number of hydrogen-bond acceptors (Lipinski definition) is 7. The van der Waals surface area contributed by atoms with Crippen LogP contribution < -0.4 is 15.6 Å². The summed E-state index contributed by atoms with van der Waals surface area (Å²) >= 11 is 7.04. The Balaban J connectivity index is 1.83. The first-order valence-electron chi connectivity index (χ1n) is 9.49. The van der Waals surface area contributed by atoms with Gasteiger partial charge in [-0.15, -0.1) is 6.58 Å². The quantitative estimate of drug-likeness (QED) is 0.162. The number of rotatable bonds is 9. The lowest BCUT2D eigenvalue weighted by molar-refractivity contribution is -0.384. The van der Waals surface area contributed by atoms with Crippen LogP contribution in [0.3, 0.4) is 0 Å². The molecular weight excluding hydrogens is 456 g/mol. The van der Waals surface area contributed by atoms with E-state index in [0.717, 1.165) is 11.8 Å². The molecule has 3 rings (SSSR count). The minimum Gasteiger partial charge on any atom is -0.494 e. The van der Waals surface area contributed by atoms with Crippen LogP contribution in [0.25, 0.3) is 10.9 Å². The second-order valence-electron chi connectivity index (χ2n) is 6.47. The largest absolute Gasteiger partial charge is 0.494 e. The number of thioether (sulfide) groups is 1. The first kappa shape index (κ1) is 23.3. The average Bonchev–Trinajstić information content (AvgIpc) is 2.75. The lowest BCUT2D eigenvalue weighted by Crippen LogP contribution is -2.24. The summed E-state index contributed by atoms with van der Waals surface area (Å²) in [6, 6.07) is 8.98. The Hall–Kier alpha value is -3.37. The van der Waals surface area contributed by atoms with Gasteiger partial charge in [0.25, 0.3) is 11.2 Å². The van der Waals surface area contributed by atoms with Gasteiger partial charge in [0.15, 0.2) is 5.16 Å². The van der Waals surface area contributed by atoms with E-state index in [2.05, 4.69) is 16.9 Å². The lowest BCUT2D eigenvalue weighted by Gasteiger charge is -2.12. The summed E-state index contributed by atoms with van der Waals surface area (Å²) in [5, 5.41) is 15.0. The Morgan fingerprint density at radius 3 is 2.84 bits per heavy atom. The summed E-state index contributed by atoms with van der Waals surface area (Å²) in [5.74, 6) is -0.285. The van der Waals surface area contributed by atoms with Crippen molar-refractivity contribution in [2.24, 2.45) is 0 Å². The maximum Gasteiger partial charge on any atom is 0.296 e. The first-order valence-corrected chi connectivity index (χ1v) is 10.8. The molecule has 0 aliphatic carbocycles. The van der Waals surface area contributed by atoms with Crippen LogP contribution in [-0.2, 0) is 11.3 Å². The molecule has 166 valence electrons. The van der Waals surface area contributed by atoms with Gasteiger partial charge in [0.2, 0.25) is 5.91 Å². The first-order chi connectivity index (χ1) is 15.3. The van der Waals surface area contributed by atoms with Crippen LogP contribution in [0.2, 0.25) is 5.02 Å². The number of nitrogens with zero attached hydrogens (tertiary/aromatic N) is 3. The maximum absolute atomic E-state index is 12.8. The average molecular weight is 475 g/mol. The Morgan fingerprint density at radius 2 is 2.16 bits per heavy atom. The number of halogens is 1. The molecular formula is C21H19ClN4O5S. The van der Waals surface area contributed by atoms with Crippen molar-refractivity contribution in [2.45, 2.75) is 18.6 Å². The molecule has 0 unspecified atom stereocenters. The molecule has 0 spiro atoms. The molecule has 0 radical (unpaired) electrons. The second kappa shape index (κ2) is 10.3. The summed E-state index contributed by atoms with van der Waals surface area (Å²) < 4.78 is 6.68. The summed E-state index contributed by atoms with van der Waals surface area (Å²) in [6.45, 7) is 5.99. The topological polar surface area (TPSA) is 116 Å². The van der Waals surface area contributed by atoms with E-state index >= 15 is 0 Å². The van der Waals surface area contributed by atoms with Crippen molar-refractivity contribution >= 4 is 51.5 Å². The summed E-state index contributed by atoms with van der Waals surface area (Å²) in [7, 11) is 0. The third-order valence-electron chi connectivity index (χ3n) is 4.28. The zero-order valence-corrected chi connectivity index (χ0v) is 18.6. The van der Waals surface area contributed by atoms with Gasteiger partial charge in [0, 0.05) is 11.6 Å². The van der Waals surface area contributed by atoms with Crippen molar-refractivity contribution in [1.29, 1.82) is 0 Å². The number of fused-ring (bicyclic) bond motifs is 1. The van der Waals surface area contributed by atoms with Gasteiger partial charge in [-0.1, -0.05) is 29.4 Å². The summed E-state index contributed by atoms with van der Waals surface area (Å²) in [5.41, 5.74) is -0.105. The van der Waals surface area contributed by atoms with Crippen molar-refractivity contribution in [3.8, 4) is 5.75 Å². The highest BCUT2D eigenvalue weighted by Crippen LogP contribution is 2.29. The predicted octanol–water partition coefficient (Wildman–Crippen LogP) is 4.27. The highest BCUT2D eigenvalue weighted by Gasteiger charge is 2.18. The van der Waals surface area contributed by atoms with Gasteiger partial charge in [-0.2, -0.15) is 0 Å².